The van der Waals surface area contributed by atoms with Crippen molar-refractivity contribution in [3.05, 3.63) is 33.1 Å². The first-order chi connectivity index (χ1) is 9.40. The molecule has 1 unspecified atom stereocenters. The lowest BCUT2D eigenvalue weighted by Gasteiger charge is -2.20. The number of anilines is 1. The largest absolute Gasteiger partial charge is 0.361 e. The van der Waals surface area contributed by atoms with Crippen LogP contribution >= 0.6 is 27.3 Å². The Balaban J connectivity index is 2.27. The summed E-state index contributed by atoms with van der Waals surface area (Å²) in [5, 5.41) is 6.53. The van der Waals surface area contributed by atoms with Gasteiger partial charge in [-0.1, -0.05) is 27.7 Å². The maximum absolute atomic E-state index is 4.63. The first kappa shape index (κ1) is 15.4. The molecule has 0 amide bonds. The lowest BCUT2D eigenvalue weighted by molar-refractivity contribution is 0.543. The van der Waals surface area contributed by atoms with Crippen molar-refractivity contribution in [2.24, 2.45) is 0 Å². The van der Waals surface area contributed by atoms with Gasteiger partial charge in [0.05, 0.1) is 6.04 Å². The fraction of sp³-hybridized carbons (Fsp3) is 0.500. The molecule has 0 aliphatic heterocycles. The van der Waals surface area contributed by atoms with E-state index in [4.69, 9.17) is 0 Å². The number of nitrogens with zero attached hydrogens (tertiary/aromatic N) is 3. The third-order valence-electron chi connectivity index (χ3n) is 2.85. The van der Waals surface area contributed by atoms with Gasteiger partial charge in [0.15, 0.2) is 0 Å². The highest BCUT2D eigenvalue weighted by Crippen LogP contribution is 2.27. The summed E-state index contributed by atoms with van der Waals surface area (Å²) in [5.41, 5.74) is -0.0803. The predicted molar refractivity (Wildman–Crippen MR) is 87.2 cm³/mol. The van der Waals surface area contributed by atoms with Crippen molar-refractivity contribution in [1.29, 1.82) is 0 Å². The fourth-order valence-electron chi connectivity index (χ4n) is 1.75. The van der Waals surface area contributed by atoms with Crippen LogP contribution in [0.5, 0.6) is 0 Å². The molecule has 0 aliphatic rings. The maximum Gasteiger partial charge on any atom is 0.137 e. The smallest absolute Gasteiger partial charge is 0.137 e. The van der Waals surface area contributed by atoms with Crippen molar-refractivity contribution in [2.45, 2.75) is 45.6 Å². The lowest BCUT2D eigenvalue weighted by atomic mass is 9.96. The van der Waals surface area contributed by atoms with Crippen molar-refractivity contribution >= 4 is 33.1 Å². The van der Waals surface area contributed by atoms with Gasteiger partial charge in [-0.3, -0.25) is 0 Å². The summed E-state index contributed by atoms with van der Waals surface area (Å²) in [5.74, 6) is 1.65. The summed E-state index contributed by atoms with van der Waals surface area (Å²) in [6, 6.07) is 2.09. The molecule has 0 aliphatic carbocycles. The SMILES string of the molecule is CCC(Nc1cc(Br)nc(C(C)(C)C)n1)c1nccs1. The van der Waals surface area contributed by atoms with Crippen LogP contribution in [0.15, 0.2) is 22.2 Å². The monoisotopic (exact) mass is 354 g/mol. The normalized spacial score (nSPS) is 13.2. The number of nitrogens with one attached hydrogen (secondary N) is 1. The Morgan fingerprint density at radius 1 is 1.35 bits per heavy atom. The second-order valence-electron chi connectivity index (χ2n) is 5.63. The maximum atomic E-state index is 4.63. The zero-order chi connectivity index (χ0) is 14.8. The van der Waals surface area contributed by atoms with E-state index in [1.54, 1.807) is 11.3 Å². The summed E-state index contributed by atoms with van der Waals surface area (Å²) in [4.78, 5) is 13.5. The van der Waals surface area contributed by atoms with Gasteiger partial charge in [0.2, 0.25) is 0 Å². The molecule has 4 nitrogen and oxygen atoms in total. The van der Waals surface area contributed by atoms with Gasteiger partial charge in [-0.25, -0.2) is 15.0 Å². The number of hydrogen-bond acceptors (Lipinski definition) is 5. The van der Waals surface area contributed by atoms with E-state index in [0.29, 0.717) is 0 Å². The van der Waals surface area contributed by atoms with Crippen LogP contribution in [0.3, 0.4) is 0 Å². The first-order valence-electron chi connectivity index (χ1n) is 6.61. The summed E-state index contributed by atoms with van der Waals surface area (Å²) in [6.07, 6.45) is 2.79. The zero-order valence-electron chi connectivity index (χ0n) is 12.1. The van der Waals surface area contributed by atoms with E-state index in [9.17, 15) is 0 Å². The molecular weight excluding hydrogens is 336 g/mol. The third-order valence-corrected chi connectivity index (χ3v) is 4.14. The molecular formula is C14H19BrN4S. The number of halogens is 1. The minimum absolute atomic E-state index is 0.0803. The quantitative estimate of drug-likeness (QED) is 0.817. The average molecular weight is 355 g/mol. The molecule has 6 heteroatoms. The zero-order valence-corrected chi connectivity index (χ0v) is 14.5. The summed E-state index contributed by atoms with van der Waals surface area (Å²) < 4.78 is 0.800. The van der Waals surface area contributed by atoms with Crippen LogP contribution < -0.4 is 5.32 Å². The van der Waals surface area contributed by atoms with Gasteiger partial charge in [0.1, 0.15) is 21.3 Å². The molecule has 0 saturated carbocycles. The molecule has 1 N–H and O–H groups in total. The average Bonchev–Trinajstić information content (AvgIpc) is 2.88. The molecule has 2 rings (SSSR count). The highest BCUT2D eigenvalue weighted by Gasteiger charge is 2.20. The Hall–Kier alpha value is -1.01. The topological polar surface area (TPSA) is 50.7 Å². The molecule has 108 valence electrons. The number of aromatic nitrogens is 3. The van der Waals surface area contributed by atoms with E-state index >= 15 is 0 Å². The second kappa shape index (κ2) is 6.18. The minimum Gasteiger partial charge on any atom is -0.361 e. The highest BCUT2D eigenvalue weighted by atomic mass is 79.9. The number of rotatable bonds is 4. The van der Waals surface area contributed by atoms with Gasteiger partial charge >= 0.3 is 0 Å². The van der Waals surface area contributed by atoms with E-state index in [-0.39, 0.29) is 11.5 Å². The Morgan fingerprint density at radius 3 is 2.65 bits per heavy atom. The number of thiazole rings is 1. The van der Waals surface area contributed by atoms with Gasteiger partial charge in [-0.2, -0.15) is 0 Å². The van der Waals surface area contributed by atoms with Gasteiger partial charge in [0.25, 0.3) is 0 Å². The van der Waals surface area contributed by atoms with Crippen molar-refractivity contribution < 1.29 is 0 Å². The highest BCUT2D eigenvalue weighted by molar-refractivity contribution is 9.10. The van der Waals surface area contributed by atoms with Crippen molar-refractivity contribution in [3.63, 3.8) is 0 Å². The van der Waals surface area contributed by atoms with Gasteiger partial charge in [-0.05, 0) is 22.4 Å². The van der Waals surface area contributed by atoms with Crippen molar-refractivity contribution in [3.8, 4) is 0 Å². The molecule has 0 aromatic carbocycles. The number of hydrogen-bond donors (Lipinski definition) is 1. The molecule has 0 saturated heterocycles. The lowest BCUT2D eigenvalue weighted by Crippen LogP contribution is -2.18. The van der Waals surface area contributed by atoms with E-state index in [0.717, 1.165) is 27.7 Å². The molecule has 2 heterocycles. The summed E-state index contributed by atoms with van der Waals surface area (Å²) in [6.45, 7) is 8.46. The Kier molecular flexibility index (Phi) is 4.75. The fourth-order valence-corrected chi connectivity index (χ4v) is 2.91. The molecule has 1 atom stereocenters. The molecule has 2 aromatic heterocycles. The predicted octanol–water partition coefficient (Wildman–Crippen LogP) is 4.56. The van der Waals surface area contributed by atoms with E-state index in [2.05, 4.69) is 63.9 Å². The van der Waals surface area contributed by atoms with Crippen LogP contribution in [0.2, 0.25) is 0 Å². The van der Waals surface area contributed by atoms with Gasteiger partial charge < -0.3 is 5.32 Å². The first-order valence-corrected chi connectivity index (χ1v) is 8.28. The van der Waals surface area contributed by atoms with Gasteiger partial charge in [-0.15, -0.1) is 11.3 Å². The van der Waals surface area contributed by atoms with Gasteiger partial charge in [0, 0.05) is 23.1 Å². The third kappa shape index (κ3) is 3.76. The van der Waals surface area contributed by atoms with E-state index in [1.165, 1.54) is 0 Å². The Morgan fingerprint density at radius 2 is 2.10 bits per heavy atom. The van der Waals surface area contributed by atoms with Crippen LogP contribution in [0, 0.1) is 0 Å². The molecule has 0 fully saturated rings. The van der Waals surface area contributed by atoms with E-state index < -0.39 is 0 Å². The Labute approximate surface area is 132 Å². The molecule has 0 radical (unpaired) electrons. The van der Waals surface area contributed by atoms with Crippen molar-refractivity contribution in [1.82, 2.24) is 15.0 Å². The molecule has 20 heavy (non-hydrogen) atoms. The van der Waals surface area contributed by atoms with Crippen LogP contribution in [0.4, 0.5) is 5.82 Å². The van der Waals surface area contributed by atoms with Crippen molar-refractivity contribution in [2.75, 3.05) is 5.32 Å². The summed E-state index contributed by atoms with van der Waals surface area (Å²) in [7, 11) is 0. The Bertz CT molecular complexity index is 563. The minimum atomic E-state index is -0.0803. The van der Waals surface area contributed by atoms with Crippen LogP contribution in [0.1, 0.15) is 51.0 Å². The standard InChI is InChI=1S/C14H19BrN4S/c1-5-9(12-16-6-7-20-12)17-11-8-10(15)18-13(19-11)14(2,3)4/h6-9H,5H2,1-4H3,(H,17,18,19). The van der Waals surface area contributed by atoms with Crippen LogP contribution in [-0.2, 0) is 5.41 Å². The molecule has 0 spiro atoms. The van der Waals surface area contributed by atoms with E-state index in [1.807, 2.05) is 17.6 Å². The second-order valence-corrected chi connectivity index (χ2v) is 7.36. The molecule has 2 aromatic rings. The van der Waals surface area contributed by atoms with Crippen LogP contribution in [-0.4, -0.2) is 15.0 Å². The van der Waals surface area contributed by atoms with Crippen LogP contribution in [0.25, 0.3) is 0 Å². The summed E-state index contributed by atoms with van der Waals surface area (Å²) >= 11 is 5.12. The molecule has 0 bridgehead atoms.